The average molecular weight is 871 g/mol. The summed E-state index contributed by atoms with van der Waals surface area (Å²) >= 11 is 0. The lowest BCUT2D eigenvalue weighted by molar-refractivity contribution is 0.0585. The largest absolute Gasteiger partial charge is 0.497 e. The van der Waals surface area contributed by atoms with E-state index < -0.39 is 11.9 Å². The van der Waals surface area contributed by atoms with E-state index in [0.717, 1.165) is 22.4 Å². The van der Waals surface area contributed by atoms with E-state index in [4.69, 9.17) is 28.8 Å². The van der Waals surface area contributed by atoms with Crippen LogP contribution in [-0.4, -0.2) is 73.2 Å². The summed E-state index contributed by atoms with van der Waals surface area (Å²) in [5.41, 5.74) is 6.12. The Hall–Kier alpha value is -8.86. The van der Waals surface area contributed by atoms with Crippen molar-refractivity contribution >= 4 is 57.0 Å². The number of nitrogens with one attached hydrogen (secondary N) is 3. The van der Waals surface area contributed by atoms with Crippen LogP contribution in [0.3, 0.4) is 0 Å². The van der Waals surface area contributed by atoms with E-state index in [9.17, 15) is 9.59 Å². The molecule has 65 heavy (non-hydrogen) atoms. The molecule has 0 aliphatic heterocycles. The predicted octanol–water partition coefficient (Wildman–Crippen LogP) is 9.50. The first-order chi connectivity index (χ1) is 31.7. The highest BCUT2D eigenvalue weighted by atomic mass is 16.5. The van der Waals surface area contributed by atoms with Gasteiger partial charge in [0.2, 0.25) is 0 Å². The summed E-state index contributed by atoms with van der Waals surface area (Å²) in [5, 5.41) is 19.9. The third-order valence-corrected chi connectivity index (χ3v) is 9.84. The van der Waals surface area contributed by atoms with E-state index in [1.54, 1.807) is 55.9 Å². The van der Waals surface area contributed by atoms with Crippen molar-refractivity contribution in [1.29, 1.82) is 0 Å². The van der Waals surface area contributed by atoms with E-state index in [-0.39, 0.29) is 11.4 Å². The number of hydrogen-bond donors (Lipinski definition) is 3. The molecular weight excluding hydrogens is 829 g/mol. The number of hydrogen-bond acceptors (Lipinski definition) is 15. The molecule has 3 N–H and O–H groups in total. The van der Waals surface area contributed by atoms with Crippen LogP contribution < -0.4 is 24.8 Å². The molecule has 0 aliphatic carbocycles. The second-order valence-electron chi connectivity index (χ2n) is 14.4. The van der Waals surface area contributed by atoms with Crippen molar-refractivity contribution in [2.75, 3.05) is 32.0 Å². The molecule has 0 spiro atoms. The maximum absolute atomic E-state index is 12.0. The van der Waals surface area contributed by atoms with Crippen molar-refractivity contribution in [2.24, 2.45) is 0 Å². The Morgan fingerprint density at radius 3 is 1.69 bits per heavy atom. The van der Waals surface area contributed by atoms with Gasteiger partial charge in [0, 0.05) is 48.3 Å². The van der Waals surface area contributed by atoms with Crippen molar-refractivity contribution < 1.29 is 33.3 Å². The molecule has 0 radical (unpaired) electrons. The fraction of sp³-hybridized carbons (Fsp3) is 0.125. The molecule has 3 aromatic carbocycles. The lowest BCUT2D eigenvalue weighted by Gasteiger charge is -2.09. The Morgan fingerprint density at radius 1 is 0.600 bits per heavy atom. The van der Waals surface area contributed by atoms with E-state index in [1.807, 2.05) is 91.3 Å². The fourth-order valence-corrected chi connectivity index (χ4v) is 6.55. The molecule has 0 unspecified atom stereocenters. The van der Waals surface area contributed by atoms with Gasteiger partial charge in [0.1, 0.15) is 56.7 Å². The number of aromatic amines is 1. The highest BCUT2D eigenvalue weighted by Gasteiger charge is 2.20. The number of fused-ring (bicyclic) bond motifs is 2. The Labute approximate surface area is 372 Å². The van der Waals surface area contributed by atoms with Crippen LogP contribution in [0, 0.1) is 13.8 Å². The number of rotatable bonds is 13. The van der Waals surface area contributed by atoms with Gasteiger partial charge < -0.3 is 34.3 Å². The number of benzene rings is 3. The highest BCUT2D eigenvalue weighted by molar-refractivity contribution is 5.96. The standard InChI is InChI=1S/C28H25N5O4.C20H17N5O3/c1-18-4-8-22(9-5-18)37-24-13-15-30-27-25(24)26(31-20-12-14-29-23(16-20)28(34)36-3)32-33(27)17-19-6-10-21(35-2)11-7-19;1-12-3-5-14(6-4-12)28-16-8-10-22-18-17(16)19(25-24-18)23-13-7-9-21-15(11-13)20(26)27-2/h4-16H,17H2,1-3H3,(H,29,31,32);3-11H,1-2H3,(H2,21,22,23,24,25). The predicted molar refractivity (Wildman–Crippen MR) is 244 cm³/mol. The minimum Gasteiger partial charge on any atom is -0.497 e. The first kappa shape index (κ1) is 42.8. The molecule has 326 valence electrons. The molecule has 0 aliphatic rings. The van der Waals surface area contributed by atoms with Gasteiger partial charge in [-0.05, 0) is 80.1 Å². The van der Waals surface area contributed by atoms with Crippen molar-refractivity contribution in [3.8, 4) is 28.7 Å². The van der Waals surface area contributed by atoms with Crippen LogP contribution in [0.4, 0.5) is 23.0 Å². The van der Waals surface area contributed by atoms with Crippen LogP contribution in [0.2, 0.25) is 0 Å². The molecule has 0 saturated carbocycles. The van der Waals surface area contributed by atoms with E-state index in [0.29, 0.717) is 74.6 Å². The summed E-state index contributed by atoms with van der Waals surface area (Å²) in [6.45, 7) is 4.52. The maximum atomic E-state index is 12.0. The van der Waals surface area contributed by atoms with Crippen LogP contribution in [0.25, 0.3) is 22.1 Å². The number of pyridine rings is 4. The molecule has 6 aromatic heterocycles. The number of nitrogens with zero attached hydrogens (tertiary/aromatic N) is 7. The monoisotopic (exact) mass is 870 g/mol. The normalized spacial score (nSPS) is 10.7. The van der Waals surface area contributed by atoms with Gasteiger partial charge in [-0.15, -0.1) is 0 Å². The van der Waals surface area contributed by atoms with Gasteiger partial charge in [-0.1, -0.05) is 47.5 Å². The molecule has 17 nitrogen and oxygen atoms in total. The third kappa shape index (κ3) is 10.1. The zero-order valence-corrected chi connectivity index (χ0v) is 35.9. The zero-order valence-electron chi connectivity index (χ0n) is 35.9. The number of aryl methyl sites for hydroxylation is 2. The van der Waals surface area contributed by atoms with Gasteiger partial charge >= 0.3 is 11.9 Å². The molecule has 17 heteroatoms. The van der Waals surface area contributed by atoms with Gasteiger partial charge in [-0.25, -0.2) is 34.2 Å². The quantitative estimate of drug-likeness (QED) is 0.0924. The second kappa shape index (κ2) is 19.5. The molecule has 0 atom stereocenters. The zero-order chi connectivity index (χ0) is 45.3. The number of ether oxygens (including phenoxy) is 5. The molecule has 9 rings (SSSR count). The Morgan fingerprint density at radius 2 is 1.12 bits per heavy atom. The number of H-pyrrole nitrogens is 1. The first-order valence-corrected chi connectivity index (χ1v) is 20.1. The van der Waals surface area contributed by atoms with Crippen molar-refractivity contribution in [2.45, 2.75) is 20.4 Å². The van der Waals surface area contributed by atoms with Gasteiger partial charge in [0.05, 0.1) is 27.9 Å². The Bertz CT molecular complexity index is 3100. The summed E-state index contributed by atoms with van der Waals surface area (Å²) in [5.74, 6) is 3.47. The molecule has 6 heterocycles. The first-order valence-electron chi connectivity index (χ1n) is 20.1. The fourth-order valence-electron chi connectivity index (χ4n) is 6.55. The van der Waals surface area contributed by atoms with Crippen molar-refractivity contribution in [3.05, 3.63) is 162 Å². The number of carbonyl (C=O) groups is 2. The van der Waals surface area contributed by atoms with Gasteiger partial charge in [-0.3, -0.25) is 5.10 Å². The van der Waals surface area contributed by atoms with Crippen LogP contribution in [0.15, 0.2) is 134 Å². The summed E-state index contributed by atoms with van der Waals surface area (Å²) in [6, 6.07) is 33.6. The third-order valence-electron chi connectivity index (χ3n) is 9.84. The SMILES string of the molecule is COC(=O)c1cc(Nc2[nH]nc3nccc(Oc4ccc(C)cc4)c23)ccn1.COC(=O)c1cc(Nc2nn(Cc3ccc(OC)cc3)c3nccc(Oc4ccc(C)cc4)c23)ccn1. The summed E-state index contributed by atoms with van der Waals surface area (Å²) in [4.78, 5) is 40.7. The molecule has 0 bridgehead atoms. The van der Waals surface area contributed by atoms with Crippen LogP contribution in [0.1, 0.15) is 37.7 Å². The minimum absolute atomic E-state index is 0.184. The number of methoxy groups -OCH3 is 3. The lowest BCUT2D eigenvalue weighted by Crippen LogP contribution is -2.05. The highest BCUT2D eigenvalue weighted by Crippen LogP contribution is 2.37. The minimum atomic E-state index is -0.524. The number of aromatic nitrogens is 8. The van der Waals surface area contributed by atoms with Gasteiger partial charge in [0.25, 0.3) is 0 Å². The number of carbonyl (C=O) groups excluding carboxylic acids is 2. The lowest BCUT2D eigenvalue weighted by atomic mass is 10.2. The number of anilines is 4. The van der Waals surface area contributed by atoms with Crippen LogP contribution >= 0.6 is 0 Å². The van der Waals surface area contributed by atoms with Gasteiger partial charge in [0.15, 0.2) is 17.1 Å². The summed E-state index contributed by atoms with van der Waals surface area (Å²) in [6.07, 6.45) is 6.39. The van der Waals surface area contributed by atoms with Crippen LogP contribution in [0.5, 0.6) is 28.7 Å². The Kier molecular flexibility index (Phi) is 12.8. The molecule has 9 aromatic rings. The average Bonchev–Trinajstić information content (AvgIpc) is 3.91. The van der Waals surface area contributed by atoms with Crippen molar-refractivity contribution in [3.63, 3.8) is 0 Å². The number of esters is 2. The molecule has 0 saturated heterocycles. The van der Waals surface area contributed by atoms with E-state index >= 15 is 0 Å². The molecule has 0 amide bonds. The van der Waals surface area contributed by atoms with E-state index in [2.05, 4.69) is 40.8 Å². The second-order valence-corrected chi connectivity index (χ2v) is 14.4. The van der Waals surface area contributed by atoms with Crippen LogP contribution in [-0.2, 0) is 16.0 Å². The summed E-state index contributed by atoms with van der Waals surface area (Å²) < 4.78 is 28.9. The summed E-state index contributed by atoms with van der Waals surface area (Å²) in [7, 11) is 4.27. The Balaban J connectivity index is 0.000000184. The molecular formula is C48H42N10O7. The van der Waals surface area contributed by atoms with E-state index in [1.165, 1.54) is 26.6 Å². The molecule has 0 fully saturated rings. The van der Waals surface area contributed by atoms with Gasteiger partial charge in [-0.2, -0.15) is 10.2 Å². The maximum Gasteiger partial charge on any atom is 0.356 e. The topological polar surface area (TPSA) is 202 Å². The smallest absolute Gasteiger partial charge is 0.356 e. The van der Waals surface area contributed by atoms with Crippen molar-refractivity contribution in [1.82, 2.24) is 39.9 Å².